The third-order valence-corrected chi connectivity index (χ3v) is 3.64. The lowest BCUT2D eigenvalue weighted by Crippen LogP contribution is -2.09. The number of ketones is 1. The van der Waals surface area contributed by atoms with Crippen molar-refractivity contribution in [2.24, 2.45) is 5.92 Å². The van der Waals surface area contributed by atoms with Gasteiger partial charge in [-0.2, -0.15) is 4.37 Å². The minimum atomic E-state index is 0.112. The van der Waals surface area contributed by atoms with Gasteiger partial charge in [0.25, 0.3) is 0 Å². The van der Waals surface area contributed by atoms with Crippen LogP contribution in [0.2, 0.25) is 0 Å². The van der Waals surface area contributed by atoms with Crippen LogP contribution in [0.15, 0.2) is 4.34 Å². The van der Waals surface area contributed by atoms with Gasteiger partial charge < -0.3 is 0 Å². The highest BCUT2D eigenvalue weighted by Gasteiger charge is 2.09. The van der Waals surface area contributed by atoms with Gasteiger partial charge in [-0.3, -0.25) is 4.79 Å². The number of aryl methyl sites for hydroxylation is 1. The second-order valence-electron chi connectivity index (χ2n) is 3.24. The number of carbonyl (C=O) groups is 1. The normalized spacial score (nSPS) is 10.9. The van der Waals surface area contributed by atoms with Gasteiger partial charge in [0.2, 0.25) is 0 Å². The molecule has 0 saturated carbocycles. The molecule has 1 aromatic rings. The Labute approximate surface area is 92.5 Å². The molecule has 14 heavy (non-hydrogen) atoms. The van der Waals surface area contributed by atoms with Crippen molar-refractivity contribution >= 4 is 29.1 Å². The molecule has 1 aromatic heterocycles. The van der Waals surface area contributed by atoms with Gasteiger partial charge in [-0.15, -0.1) is 0 Å². The number of rotatable bonds is 5. The van der Waals surface area contributed by atoms with E-state index in [2.05, 4.69) is 9.36 Å². The molecule has 0 aromatic carbocycles. The summed E-state index contributed by atoms with van der Waals surface area (Å²) in [6, 6.07) is 0. The summed E-state index contributed by atoms with van der Waals surface area (Å²) in [6.45, 7) is 5.86. The lowest BCUT2D eigenvalue weighted by Gasteiger charge is -2.00. The maximum atomic E-state index is 11.3. The van der Waals surface area contributed by atoms with Crippen LogP contribution in [-0.2, 0) is 11.2 Å². The van der Waals surface area contributed by atoms with Crippen molar-refractivity contribution in [1.29, 1.82) is 0 Å². The van der Waals surface area contributed by atoms with Gasteiger partial charge in [-0.05, 0) is 11.5 Å². The molecule has 0 saturated heterocycles. The molecule has 0 amide bonds. The van der Waals surface area contributed by atoms with Crippen molar-refractivity contribution in [1.82, 2.24) is 9.36 Å². The lowest BCUT2D eigenvalue weighted by atomic mass is 10.1. The van der Waals surface area contributed by atoms with E-state index in [-0.39, 0.29) is 11.7 Å². The van der Waals surface area contributed by atoms with E-state index in [4.69, 9.17) is 0 Å². The summed E-state index contributed by atoms with van der Waals surface area (Å²) < 4.78 is 5.05. The Hall–Kier alpha value is -0.420. The molecule has 0 aliphatic carbocycles. The summed E-state index contributed by atoms with van der Waals surface area (Å²) in [5.74, 6) is 1.76. The third-order valence-electron chi connectivity index (χ3n) is 1.75. The number of Topliss-reactive ketones (excluding diaryl/α,β-unsaturated/α-hetero) is 1. The maximum absolute atomic E-state index is 11.3. The van der Waals surface area contributed by atoms with E-state index in [0.29, 0.717) is 5.75 Å². The molecule has 0 bridgehead atoms. The predicted octanol–water partition coefficient (Wildman–Crippen LogP) is 2.42. The van der Waals surface area contributed by atoms with Crippen LogP contribution in [0.3, 0.4) is 0 Å². The summed E-state index contributed by atoms with van der Waals surface area (Å²) >= 11 is 2.87. The van der Waals surface area contributed by atoms with Crippen molar-refractivity contribution in [2.45, 2.75) is 31.5 Å². The highest BCUT2D eigenvalue weighted by molar-refractivity contribution is 8.01. The molecule has 78 valence electrons. The van der Waals surface area contributed by atoms with E-state index in [9.17, 15) is 4.79 Å². The molecule has 0 aliphatic rings. The summed E-state index contributed by atoms with van der Waals surface area (Å²) in [5, 5.41) is 0. The molecule has 0 unspecified atom stereocenters. The van der Waals surface area contributed by atoms with Gasteiger partial charge in [0, 0.05) is 12.3 Å². The summed E-state index contributed by atoms with van der Waals surface area (Å²) in [6.07, 6.45) is 0.856. The number of carbonyl (C=O) groups excluding carboxylic acids is 1. The molecule has 0 N–H and O–H groups in total. The van der Waals surface area contributed by atoms with Crippen molar-refractivity contribution in [3.05, 3.63) is 5.82 Å². The van der Waals surface area contributed by atoms with Crippen LogP contribution >= 0.6 is 23.3 Å². The molecule has 0 atom stereocenters. The zero-order chi connectivity index (χ0) is 10.6. The highest BCUT2D eigenvalue weighted by atomic mass is 32.2. The highest BCUT2D eigenvalue weighted by Crippen LogP contribution is 2.21. The Kier molecular flexibility index (Phi) is 4.54. The fourth-order valence-electron chi connectivity index (χ4n) is 0.740. The van der Waals surface area contributed by atoms with Crippen LogP contribution in [-0.4, -0.2) is 20.9 Å². The van der Waals surface area contributed by atoms with Gasteiger partial charge in [0.1, 0.15) is 11.6 Å². The molecular formula is C9H14N2OS2. The standard InChI is InChI=1S/C9H14N2OS2/c1-4-8-10-9(14-11-8)13-5-7(12)6(2)3/h6H,4-5H2,1-3H3. The van der Waals surface area contributed by atoms with E-state index in [1.807, 2.05) is 20.8 Å². The third kappa shape index (κ3) is 3.38. The second-order valence-corrected chi connectivity index (χ2v) is 5.21. The predicted molar refractivity (Wildman–Crippen MR) is 59.9 cm³/mol. The Balaban J connectivity index is 2.41. The first-order valence-electron chi connectivity index (χ1n) is 4.61. The van der Waals surface area contributed by atoms with E-state index in [1.165, 1.54) is 23.3 Å². The van der Waals surface area contributed by atoms with E-state index < -0.39 is 0 Å². The first-order chi connectivity index (χ1) is 6.63. The first kappa shape index (κ1) is 11.7. The number of hydrogen-bond donors (Lipinski definition) is 0. The van der Waals surface area contributed by atoms with Crippen molar-refractivity contribution in [3.63, 3.8) is 0 Å². The minimum absolute atomic E-state index is 0.112. The topological polar surface area (TPSA) is 42.9 Å². The summed E-state index contributed by atoms with van der Waals surface area (Å²) in [5.41, 5.74) is 0. The van der Waals surface area contributed by atoms with Gasteiger partial charge >= 0.3 is 0 Å². The molecule has 0 spiro atoms. The SMILES string of the molecule is CCc1nsc(SCC(=O)C(C)C)n1. The van der Waals surface area contributed by atoms with Crippen molar-refractivity contribution < 1.29 is 4.79 Å². The fourth-order valence-corrected chi connectivity index (χ4v) is 2.51. The first-order valence-corrected chi connectivity index (χ1v) is 6.37. The van der Waals surface area contributed by atoms with Crippen LogP contribution < -0.4 is 0 Å². The zero-order valence-electron chi connectivity index (χ0n) is 8.61. The quantitative estimate of drug-likeness (QED) is 0.729. The molecule has 0 aliphatic heterocycles. The van der Waals surface area contributed by atoms with Crippen LogP contribution in [0, 0.1) is 5.92 Å². The van der Waals surface area contributed by atoms with Crippen molar-refractivity contribution in [2.75, 3.05) is 5.75 Å². The Morgan fingerprint density at radius 1 is 1.57 bits per heavy atom. The molecule has 1 rings (SSSR count). The number of hydrogen-bond acceptors (Lipinski definition) is 5. The molecular weight excluding hydrogens is 216 g/mol. The molecule has 3 nitrogen and oxygen atoms in total. The van der Waals surface area contributed by atoms with E-state index >= 15 is 0 Å². The molecule has 0 radical (unpaired) electrons. The summed E-state index contributed by atoms with van der Waals surface area (Å²) in [7, 11) is 0. The lowest BCUT2D eigenvalue weighted by molar-refractivity contribution is -0.119. The minimum Gasteiger partial charge on any atom is -0.298 e. The van der Waals surface area contributed by atoms with Crippen LogP contribution in [0.25, 0.3) is 0 Å². The second kappa shape index (κ2) is 5.46. The average Bonchev–Trinajstić information content (AvgIpc) is 2.61. The molecule has 1 heterocycles. The van der Waals surface area contributed by atoms with Gasteiger partial charge in [-0.25, -0.2) is 4.98 Å². The van der Waals surface area contributed by atoms with Crippen LogP contribution in [0.1, 0.15) is 26.6 Å². The van der Waals surface area contributed by atoms with Crippen LogP contribution in [0.4, 0.5) is 0 Å². The number of thioether (sulfide) groups is 1. The Morgan fingerprint density at radius 2 is 2.29 bits per heavy atom. The Bertz CT molecular complexity index is 310. The van der Waals surface area contributed by atoms with Gasteiger partial charge in [0.15, 0.2) is 4.34 Å². The monoisotopic (exact) mass is 230 g/mol. The van der Waals surface area contributed by atoms with E-state index in [1.54, 1.807) is 0 Å². The van der Waals surface area contributed by atoms with Gasteiger partial charge in [-0.1, -0.05) is 32.5 Å². The largest absolute Gasteiger partial charge is 0.298 e. The number of aromatic nitrogens is 2. The van der Waals surface area contributed by atoms with Gasteiger partial charge in [0.05, 0.1) is 5.75 Å². The summed E-state index contributed by atoms with van der Waals surface area (Å²) in [4.78, 5) is 15.6. The fraction of sp³-hybridized carbons (Fsp3) is 0.667. The molecule has 5 heteroatoms. The Morgan fingerprint density at radius 3 is 2.79 bits per heavy atom. The smallest absolute Gasteiger partial charge is 0.170 e. The average molecular weight is 230 g/mol. The zero-order valence-corrected chi connectivity index (χ0v) is 10.2. The maximum Gasteiger partial charge on any atom is 0.170 e. The molecule has 0 fully saturated rings. The van der Waals surface area contributed by atoms with Crippen molar-refractivity contribution in [3.8, 4) is 0 Å². The number of nitrogens with zero attached hydrogens (tertiary/aromatic N) is 2. The van der Waals surface area contributed by atoms with E-state index in [0.717, 1.165) is 16.6 Å². The van der Waals surface area contributed by atoms with Crippen LogP contribution in [0.5, 0.6) is 0 Å².